The summed E-state index contributed by atoms with van der Waals surface area (Å²) >= 11 is 0. The first-order chi connectivity index (χ1) is 14.6. The van der Waals surface area contributed by atoms with E-state index >= 15 is 0 Å². The number of carbonyl (C=O) groups is 2. The van der Waals surface area contributed by atoms with Crippen LogP contribution in [-0.4, -0.2) is 63.2 Å². The Hall–Kier alpha value is -2.70. The summed E-state index contributed by atoms with van der Waals surface area (Å²) in [5, 5.41) is 5.34. The standard InChI is InChI=1S/C20H34N4O6/c1-18(30-20(28)24-14-9-5-3-7-12-22-17-26)10-15-29-19(27)23-13-8-4-2-6-11-21-16-25/h18H,2-15H2,1H3,(H,23,27)(H,24,28). The summed E-state index contributed by atoms with van der Waals surface area (Å²) in [7, 11) is 0. The van der Waals surface area contributed by atoms with Gasteiger partial charge in [0, 0.05) is 19.5 Å². The number of isocyanates is 2. The fourth-order valence-electron chi connectivity index (χ4n) is 2.46. The number of amides is 2. The fraction of sp³-hybridized carbons (Fsp3) is 0.800. The maximum Gasteiger partial charge on any atom is 0.407 e. The molecule has 0 aromatic rings. The molecule has 30 heavy (non-hydrogen) atoms. The maximum atomic E-state index is 11.7. The summed E-state index contributed by atoms with van der Waals surface area (Å²) in [6.07, 6.45) is 9.14. The van der Waals surface area contributed by atoms with Crippen LogP contribution < -0.4 is 10.6 Å². The Morgan fingerprint density at radius 2 is 1.30 bits per heavy atom. The van der Waals surface area contributed by atoms with E-state index in [1.165, 1.54) is 12.2 Å². The highest BCUT2D eigenvalue weighted by Gasteiger charge is 2.10. The highest BCUT2D eigenvalue weighted by molar-refractivity contribution is 5.67. The second kappa shape index (κ2) is 21.0. The van der Waals surface area contributed by atoms with Gasteiger partial charge in [-0.25, -0.2) is 29.2 Å². The molecule has 0 radical (unpaired) electrons. The molecule has 0 aromatic carbocycles. The number of rotatable bonds is 18. The Kier molecular flexibility index (Phi) is 19.1. The zero-order chi connectivity index (χ0) is 22.3. The van der Waals surface area contributed by atoms with Crippen molar-refractivity contribution >= 4 is 24.3 Å². The molecule has 1 unspecified atom stereocenters. The molecule has 0 rings (SSSR count). The number of nitrogens with zero attached hydrogens (tertiary/aromatic N) is 2. The van der Waals surface area contributed by atoms with Gasteiger partial charge < -0.3 is 20.1 Å². The number of hydrogen-bond acceptors (Lipinski definition) is 8. The van der Waals surface area contributed by atoms with Gasteiger partial charge in [0.25, 0.3) is 0 Å². The highest BCUT2D eigenvalue weighted by atomic mass is 16.6. The summed E-state index contributed by atoms with van der Waals surface area (Å²) < 4.78 is 10.2. The van der Waals surface area contributed by atoms with Gasteiger partial charge in [-0.05, 0) is 32.6 Å². The molecule has 0 saturated carbocycles. The third-order valence-electron chi connectivity index (χ3n) is 4.13. The van der Waals surface area contributed by atoms with Crippen LogP contribution in [0.5, 0.6) is 0 Å². The van der Waals surface area contributed by atoms with E-state index in [1.807, 2.05) is 0 Å². The van der Waals surface area contributed by atoms with Crippen LogP contribution in [0.2, 0.25) is 0 Å². The predicted octanol–water partition coefficient (Wildman–Crippen LogP) is 3.01. The van der Waals surface area contributed by atoms with E-state index in [9.17, 15) is 19.2 Å². The molecule has 0 aromatic heterocycles. The lowest BCUT2D eigenvalue weighted by Crippen LogP contribution is -2.30. The normalized spacial score (nSPS) is 10.8. The number of alkyl carbamates (subject to hydrolysis) is 2. The van der Waals surface area contributed by atoms with Crippen molar-refractivity contribution in [2.45, 2.75) is 70.8 Å². The molecule has 0 aliphatic heterocycles. The van der Waals surface area contributed by atoms with Gasteiger partial charge in [0.2, 0.25) is 12.2 Å². The van der Waals surface area contributed by atoms with E-state index in [1.54, 1.807) is 6.92 Å². The number of unbranched alkanes of at least 4 members (excludes halogenated alkanes) is 6. The zero-order valence-corrected chi connectivity index (χ0v) is 17.8. The number of aliphatic imine (C=N–C) groups is 2. The molecule has 0 saturated heterocycles. The molecule has 1 atom stereocenters. The summed E-state index contributed by atoms with van der Waals surface area (Å²) in [4.78, 5) is 50.0. The van der Waals surface area contributed by atoms with Gasteiger partial charge in [0.05, 0.1) is 19.7 Å². The molecule has 170 valence electrons. The molecule has 0 fully saturated rings. The van der Waals surface area contributed by atoms with Crippen molar-refractivity contribution in [2.24, 2.45) is 9.98 Å². The third-order valence-corrected chi connectivity index (χ3v) is 4.13. The van der Waals surface area contributed by atoms with E-state index < -0.39 is 12.2 Å². The molecule has 2 amide bonds. The van der Waals surface area contributed by atoms with Gasteiger partial charge in [-0.1, -0.05) is 25.7 Å². The lowest BCUT2D eigenvalue weighted by molar-refractivity contribution is 0.0818. The predicted molar refractivity (Wildman–Crippen MR) is 111 cm³/mol. The van der Waals surface area contributed by atoms with E-state index in [2.05, 4.69) is 20.6 Å². The maximum absolute atomic E-state index is 11.7. The smallest absolute Gasteiger partial charge is 0.407 e. The Morgan fingerprint density at radius 1 is 0.800 bits per heavy atom. The largest absolute Gasteiger partial charge is 0.449 e. The van der Waals surface area contributed by atoms with Gasteiger partial charge in [-0.15, -0.1) is 0 Å². The molecular weight excluding hydrogens is 392 g/mol. The van der Waals surface area contributed by atoms with Crippen molar-refractivity contribution in [1.82, 2.24) is 10.6 Å². The van der Waals surface area contributed by atoms with Crippen LogP contribution in [0.15, 0.2) is 9.98 Å². The molecule has 0 bridgehead atoms. The third kappa shape index (κ3) is 20.0. The second-order valence-electron chi connectivity index (χ2n) is 6.77. The molecule has 0 aliphatic carbocycles. The minimum atomic E-state index is -0.490. The van der Waals surface area contributed by atoms with Crippen LogP contribution >= 0.6 is 0 Å². The van der Waals surface area contributed by atoms with Crippen LogP contribution in [0.25, 0.3) is 0 Å². The van der Waals surface area contributed by atoms with Crippen molar-refractivity contribution in [1.29, 1.82) is 0 Å². The Morgan fingerprint density at radius 3 is 1.83 bits per heavy atom. The SMILES string of the molecule is CC(CCOC(=O)NCCCCCCN=C=O)OC(=O)NCCCCCCN=C=O. The van der Waals surface area contributed by atoms with E-state index in [-0.39, 0.29) is 12.7 Å². The first-order valence-electron chi connectivity index (χ1n) is 10.5. The average Bonchev–Trinajstić information content (AvgIpc) is 2.72. The summed E-state index contributed by atoms with van der Waals surface area (Å²) in [6.45, 7) is 3.93. The Balaban J connectivity index is 3.52. The topological polar surface area (TPSA) is 136 Å². The van der Waals surface area contributed by atoms with Gasteiger partial charge in [0.15, 0.2) is 0 Å². The van der Waals surface area contributed by atoms with Crippen LogP contribution in [0, 0.1) is 0 Å². The van der Waals surface area contributed by atoms with Gasteiger partial charge >= 0.3 is 12.2 Å². The first kappa shape index (κ1) is 27.3. The van der Waals surface area contributed by atoms with Gasteiger partial charge in [-0.3, -0.25) is 0 Å². The Labute approximate surface area is 177 Å². The number of nitrogens with one attached hydrogen (secondary N) is 2. The number of hydrogen-bond donors (Lipinski definition) is 2. The van der Waals surface area contributed by atoms with E-state index in [0.717, 1.165) is 51.4 Å². The number of ether oxygens (including phenoxy) is 2. The molecular formula is C20H34N4O6. The lowest BCUT2D eigenvalue weighted by atomic mass is 10.2. The van der Waals surface area contributed by atoms with Crippen molar-refractivity contribution < 1.29 is 28.7 Å². The van der Waals surface area contributed by atoms with Crippen molar-refractivity contribution in [3.8, 4) is 0 Å². The minimum absolute atomic E-state index is 0.160. The molecule has 2 N–H and O–H groups in total. The van der Waals surface area contributed by atoms with Gasteiger partial charge in [0.1, 0.15) is 6.10 Å². The van der Waals surface area contributed by atoms with Crippen LogP contribution in [0.4, 0.5) is 9.59 Å². The second-order valence-corrected chi connectivity index (χ2v) is 6.77. The fourth-order valence-corrected chi connectivity index (χ4v) is 2.46. The summed E-state index contributed by atoms with van der Waals surface area (Å²) in [5.74, 6) is 0. The van der Waals surface area contributed by atoms with Crippen molar-refractivity contribution in [2.75, 3.05) is 32.8 Å². The molecule has 0 aliphatic rings. The lowest BCUT2D eigenvalue weighted by Gasteiger charge is -2.14. The van der Waals surface area contributed by atoms with E-state index in [0.29, 0.717) is 32.6 Å². The van der Waals surface area contributed by atoms with Crippen LogP contribution in [0.3, 0.4) is 0 Å². The summed E-state index contributed by atoms with van der Waals surface area (Å²) in [5.41, 5.74) is 0. The molecule has 0 heterocycles. The highest BCUT2D eigenvalue weighted by Crippen LogP contribution is 2.02. The quantitative estimate of drug-likeness (QED) is 0.196. The number of carbonyl (C=O) groups excluding carboxylic acids is 4. The monoisotopic (exact) mass is 426 g/mol. The van der Waals surface area contributed by atoms with Crippen LogP contribution in [0.1, 0.15) is 64.7 Å². The molecule has 10 heteroatoms. The van der Waals surface area contributed by atoms with E-state index in [4.69, 9.17) is 9.47 Å². The molecule has 0 spiro atoms. The average molecular weight is 427 g/mol. The zero-order valence-electron chi connectivity index (χ0n) is 17.8. The molecule has 10 nitrogen and oxygen atoms in total. The van der Waals surface area contributed by atoms with Crippen LogP contribution in [-0.2, 0) is 19.1 Å². The first-order valence-corrected chi connectivity index (χ1v) is 10.5. The Bertz CT molecular complexity index is 559. The van der Waals surface area contributed by atoms with Crippen molar-refractivity contribution in [3.05, 3.63) is 0 Å². The van der Waals surface area contributed by atoms with Crippen molar-refractivity contribution in [3.63, 3.8) is 0 Å². The van der Waals surface area contributed by atoms with Gasteiger partial charge in [-0.2, -0.15) is 0 Å². The summed E-state index contributed by atoms with van der Waals surface area (Å²) in [6, 6.07) is 0. The minimum Gasteiger partial charge on any atom is -0.449 e.